The Balaban J connectivity index is 1.64. The van der Waals surface area contributed by atoms with E-state index in [1.807, 2.05) is 35.2 Å². The average molecular weight is 330 g/mol. The van der Waals surface area contributed by atoms with Crippen LogP contribution >= 0.6 is 0 Å². The highest BCUT2D eigenvalue weighted by atomic mass is 16.4. The van der Waals surface area contributed by atoms with Crippen LogP contribution in [0.2, 0.25) is 0 Å². The first-order valence-corrected chi connectivity index (χ1v) is 8.33. The maximum Gasteiger partial charge on any atom is 0.303 e. The summed E-state index contributed by atoms with van der Waals surface area (Å²) in [4.78, 5) is 24.9. The third-order valence-corrected chi connectivity index (χ3v) is 4.39. The maximum absolute atomic E-state index is 12.4. The van der Waals surface area contributed by atoms with Gasteiger partial charge in [-0.05, 0) is 24.6 Å². The van der Waals surface area contributed by atoms with Crippen molar-refractivity contribution in [3.63, 3.8) is 0 Å². The molecule has 0 spiro atoms. The van der Waals surface area contributed by atoms with Crippen molar-refractivity contribution in [2.24, 2.45) is 0 Å². The summed E-state index contributed by atoms with van der Waals surface area (Å²) in [7, 11) is 0. The second-order valence-corrected chi connectivity index (χ2v) is 6.14. The molecule has 0 aromatic heterocycles. The van der Waals surface area contributed by atoms with Crippen molar-refractivity contribution in [2.75, 3.05) is 19.6 Å². The Morgan fingerprint density at radius 1 is 1.25 bits per heavy atom. The van der Waals surface area contributed by atoms with Crippen molar-refractivity contribution in [1.29, 1.82) is 0 Å². The van der Waals surface area contributed by atoms with Gasteiger partial charge < -0.3 is 19.7 Å². The molecule has 0 bridgehead atoms. The van der Waals surface area contributed by atoms with Crippen molar-refractivity contribution >= 4 is 11.9 Å². The Labute approximate surface area is 140 Å². The molecule has 6 nitrogen and oxygen atoms in total. The number of nitrogens with zero attached hydrogens (tertiary/aromatic N) is 1. The molecule has 0 radical (unpaired) electrons. The van der Waals surface area contributed by atoms with Gasteiger partial charge in [0.1, 0.15) is 11.5 Å². The molecule has 2 aliphatic heterocycles. The van der Waals surface area contributed by atoms with Crippen molar-refractivity contribution in [3.05, 3.63) is 36.1 Å². The first-order chi connectivity index (χ1) is 11.6. The summed E-state index contributed by atoms with van der Waals surface area (Å²) in [5.74, 6) is 0.875. The average Bonchev–Trinajstić information content (AvgIpc) is 3.02. The van der Waals surface area contributed by atoms with Crippen LogP contribution in [0.5, 0.6) is 0 Å². The van der Waals surface area contributed by atoms with Gasteiger partial charge in [-0.1, -0.05) is 12.1 Å². The van der Waals surface area contributed by atoms with Crippen LogP contribution in [-0.4, -0.2) is 47.6 Å². The molecule has 0 saturated carbocycles. The topological polar surface area (TPSA) is 82.8 Å². The predicted octanol–water partition coefficient (Wildman–Crippen LogP) is 1.98. The molecule has 3 aliphatic rings. The van der Waals surface area contributed by atoms with Crippen molar-refractivity contribution in [3.8, 4) is 11.3 Å². The van der Waals surface area contributed by atoms with Crippen LogP contribution in [0.15, 0.2) is 34.7 Å². The van der Waals surface area contributed by atoms with E-state index in [2.05, 4.69) is 5.32 Å². The molecular formula is C18H22N2O4. The van der Waals surface area contributed by atoms with E-state index >= 15 is 0 Å². The third-order valence-electron chi connectivity index (χ3n) is 4.39. The molecule has 2 N–H and O–H groups in total. The minimum Gasteiger partial charge on any atom is -0.481 e. The lowest BCUT2D eigenvalue weighted by Gasteiger charge is -2.36. The molecule has 6 heteroatoms. The number of piperazine rings is 1. The zero-order valence-corrected chi connectivity index (χ0v) is 13.5. The van der Waals surface area contributed by atoms with Crippen LogP contribution in [-0.2, 0) is 16.0 Å². The highest BCUT2D eigenvalue weighted by Gasteiger charge is 2.27. The summed E-state index contributed by atoms with van der Waals surface area (Å²) >= 11 is 0. The van der Waals surface area contributed by atoms with Gasteiger partial charge in [0.05, 0.1) is 6.04 Å². The minimum atomic E-state index is -0.860. The molecule has 1 saturated heterocycles. The third kappa shape index (κ3) is 3.94. The van der Waals surface area contributed by atoms with Gasteiger partial charge in [0, 0.05) is 44.5 Å². The number of hydrogen-bond donors (Lipinski definition) is 2. The molecule has 1 amide bonds. The first kappa shape index (κ1) is 16.5. The Bertz CT molecular complexity index is 681. The quantitative estimate of drug-likeness (QED) is 0.846. The summed E-state index contributed by atoms with van der Waals surface area (Å²) < 4.78 is 5.90. The summed E-state index contributed by atoms with van der Waals surface area (Å²) in [6.45, 7) is 2.13. The van der Waals surface area contributed by atoms with Gasteiger partial charge in [0.2, 0.25) is 5.91 Å². The van der Waals surface area contributed by atoms with Crippen molar-refractivity contribution < 1.29 is 19.1 Å². The van der Waals surface area contributed by atoms with E-state index in [4.69, 9.17) is 9.52 Å². The Kier molecular flexibility index (Phi) is 5.15. The lowest BCUT2D eigenvalue weighted by Crippen LogP contribution is -2.54. The number of amides is 1. The van der Waals surface area contributed by atoms with Gasteiger partial charge in [-0.3, -0.25) is 9.59 Å². The van der Waals surface area contributed by atoms with Crippen LogP contribution in [0.1, 0.15) is 25.0 Å². The van der Waals surface area contributed by atoms with E-state index in [9.17, 15) is 9.59 Å². The molecule has 128 valence electrons. The highest BCUT2D eigenvalue weighted by Crippen LogP contribution is 2.25. The summed E-state index contributed by atoms with van der Waals surface area (Å²) in [5.41, 5.74) is 1.07. The van der Waals surface area contributed by atoms with E-state index < -0.39 is 5.97 Å². The van der Waals surface area contributed by atoms with E-state index in [1.54, 1.807) is 0 Å². The monoisotopic (exact) mass is 330 g/mol. The molecule has 1 aliphatic carbocycles. The SMILES string of the molecule is O=C(O)CCCC(=O)N1CCNCC1Cc1ccc2cccc-2o1. The van der Waals surface area contributed by atoms with Crippen LogP contribution < -0.4 is 5.32 Å². The second kappa shape index (κ2) is 7.49. The number of carbonyl (C=O) groups excluding carboxylic acids is 1. The van der Waals surface area contributed by atoms with Gasteiger partial charge in [-0.15, -0.1) is 0 Å². The molecule has 1 fully saturated rings. The van der Waals surface area contributed by atoms with E-state index in [0.717, 1.165) is 30.2 Å². The van der Waals surface area contributed by atoms with Gasteiger partial charge >= 0.3 is 5.97 Å². The molecule has 1 atom stereocenters. The van der Waals surface area contributed by atoms with Gasteiger partial charge in [-0.25, -0.2) is 0 Å². The molecule has 2 heterocycles. The van der Waals surface area contributed by atoms with Gasteiger partial charge in [-0.2, -0.15) is 0 Å². The van der Waals surface area contributed by atoms with E-state index in [1.165, 1.54) is 0 Å². The van der Waals surface area contributed by atoms with Crippen LogP contribution in [0.25, 0.3) is 11.3 Å². The normalized spacial score (nSPS) is 18.0. The number of fused-ring (bicyclic) bond motifs is 1. The van der Waals surface area contributed by atoms with Gasteiger partial charge in [0.15, 0.2) is 0 Å². The van der Waals surface area contributed by atoms with E-state index in [-0.39, 0.29) is 24.8 Å². The summed E-state index contributed by atoms with van der Waals surface area (Å²) in [6.07, 6.45) is 1.35. The Hall–Kier alpha value is -2.34. The van der Waals surface area contributed by atoms with E-state index in [0.29, 0.717) is 19.4 Å². The number of aliphatic carboxylic acids is 1. The number of rotatable bonds is 6. The Morgan fingerprint density at radius 3 is 2.96 bits per heavy atom. The highest BCUT2D eigenvalue weighted by molar-refractivity contribution is 5.77. The zero-order chi connectivity index (χ0) is 16.9. The second-order valence-electron chi connectivity index (χ2n) is 6.14. The lowest BCUT2D eigenvalue weighted by molar-refractivity contribution is -0.137. The molecular weight excluding hydrogens is 308 g/mol. The van der Waals surface area contributed by atoms with Crippen LogP contribution in [0.4, 0.5) is 0 Å². The maximum atomic E-state index is 12.4. The van der Waals surface area contributed by atoms with Crippen LogP contribution in [0, 0.1) is 0 Å². The fraction of sp³-hybridized carbons (Fsp3) is 0.444. The number of carboxylic acid groups (broad SMARTS) is 1. The molecule has 0 aromatic carbocycles. The number of nitrogens with one attached hydrogen (secondary N) is 1. The fourth-order valence-electron chi connectivity index (χ4n) is 3.15. The molecule has 1 unspecified atom stereocenters. The lowest BCUT2D eigenvalue weighted by atomic mass is 10.1. The summed E-state index contributed by atoms with van der Waals surface area (Å²) in [6, 6.07) is 9.93. The van der Waals surface area contributed by atoms with Crippen LogP contribution in [0.3, 0.4) is 0 Å². The molecule has 24 heavy (non-hydrogen) atoms. The molecule has 3 rings (SSSR count). The number of hydrogen-bond acceptors (Lipinski definition) is 4. The standard InChI is InChI=1S/C18H22N2O4/c21-17(5-2-6-18(22)23)20-10-9-19-12-14(20)11-15-8-7-13-3-1-4-16(13)24-15/h1,3-4,7-8,14,19H,2,5-6,9-12H2,(H,22,23). The number of carbonyl (C=O) groups is 2. The largest absolute Gasteiger partial charge is 0.481 e. The smallest absolute Gasteiger partial charge is 0.303 e. The Morgan fingerprint density at radius 2 is 2.12 bits per heavy atom. The summed E-state index contributed by atoms with van der Waals surface area (Å²) in [5, 5.41) is 12.0. The van der Waals surface area contributed by atoms with Crippen molar-refractivity contribution in [2.45, 2.75) is 31.7 Å². The first-order valence-electron chi connectivity index (χ1n) is 8.33. The zero-order valence-electron chi connectivity index (χ0n) is 13.5. The fourth-order valence-corrected chi connectivity index (χ4v) is 3.15. The number of carboxylic acids is 1. The van der Waals surface area contributed by atoms with Gasteiger partial charge in [0.25, 0.3) is 0 Å². The molecule has 0 aromatic rings. The predicted molar refractivity (Wildman–Crippen MR) is 88.9 cm³/mol. The van der Waals surface area contributed by atoms with Crippen molar-refractivity contribution in [1.82, 2.24) is 10.2 Å². The minimum absolute atomic E-state index is 0.0251.